The van der Waals surface area contributed by atoms with Crippen molar-refractivity contribution in [1.82, 2.24) is 0 Å². The maximum atomic E-state index is 8.12. The Morgan fingerprint density at radius 3 is 2.92 bits per heavy atom. The summed E-state index contributed by atoms with van der Waals surface area (Å²) in [5.74, 6) is 0. The summed E-state index contributed by atoms with van der Waals surface area (Å²) in [5, 5.41) is 3.49. The molecule has 0 unspecified atom stereocenters. The van der Waals surface area contributed by atoms with Crippen molar-refractivity contribution >= 4 is 38.5 Å². The molecule has 0 aliphatic carbocycles. The molecule has 62 valence electrons. The predicted octanol–water partition coefficient (Wildman–Crippen LogP) is 3.86. The maximum Gasteiger partial charge on any atom is 0.0521 e. The monoisotopic (exact) mass is 337 g/mol. The van der Waals surface area contributed by atoms with Gasteiger partial charge in [-0.3, -0.25) is 0 Å². The molecule has 0 bridgehead atoms. The lowest BCUT2D eigenvalue weighted by Gasteiger charge is -1.99. The molecule has 0 atom stereocenters. The van der Waals surface area contributed by atoms with E-state index in [2.05, 4.69) is 48.5 Å². The van der Waals surface area contributed by atoms with Crippen molar-refractivity contribution in [3.8, 4) is 0 Å². The van der Waals surface area contributed by atoms with E-state index >= 15 is 0 Å². The topological polar surface area (TPSA) is 48.8 Å². The summed E-state index contributed by atoms with van der Waals surface area (Å²) in [5.41, 5.74) is 9.17. The largest absolute Gasteiger partial charge is 0.0892 e. The van der Waals surface area contributed by atoms with Crippen LogP contribution in [0, 0.1) is 3.57 Å². The number of hydrogen-bond donors (Lipinski definition) is 0. The van der Waals surface area contributed by atoms with Gasteiger partial charge in [0.05, 0.1) is 6.54 Å². The third-order valence-electron chi connectivity index (χ3n) is 1.32. The van der Waals surface area contributed by atoms with E-state index in [4.69, 9.17) is 5.53 Å². The van der Waals surface area contributed by atoms with Gasteiger partial charge in [-0.15, -0.1) is 0 Å². The Bertz CT molecular complexity index is 333. The van der Waals surface area contributed by atoms with Crippen LogP contribution in [0.2, 0.25) is 0 Å². The number of halogens is 2. The zero-order valence-corrected chi connectivity index (χ0v) is 9.78. The molecule has 1 rings (SSSR count). The van der Waals surface area contributed by atoms with Crippen LogP contribution in [-0.4, -0.2) is 0 Å². The van der Waals surface area contributed by atoms with E-state index < -0.39 is 0 Å². The highest BCUT2D eigenvalue weighted by Gasteiger charge is 1.97. The molecule has 1 aromatic rings. The minimum Gasteiger partial charge on any atom is -0.0892 e. The van der Waals surface area contributed by atoms with Crippen LogP contribution in [-0.2, 0) is 6.54 Å². The van der Waals surface area contributed by atoms with Gasteiger partial charge < -0.3 is 0 Å². The number of rotatable bonds is 2. The van der Waals surface area contributed by atoms with Crippen LogP contribution in [0.4, 0.5) is 0 Å². The molecule has 0 saturated heterocycles. The highest BCUT2D eigenvalue weighted by molar-refractivity contribution is 14.1. The van der Waals surface area contributed by atoms with E-state index in [9.17, 15) is 0 Å². The Balaban J connectivity index is 2.93. The predicted molar refractivity (Wildman–Crippen MR) is 59.7 cm³/mol. The normalized spacial score (nSPS) is 9.17. The second-order valence-corrected chi connectivity index (χ2v) is 4.20. The molecular formula is C7H5BrIN3. The van der Waals surface area contributed by atoms with Gasteiger partial charge in [0, 0.05) is 13.0 Å². The van der Waals surface area contributed by atoms with E-state index in [1.54, 1.807) is 0 Å². The summed E-state index contributed by atoms with van der Waals surface area (Å²) in [4.78, 5) is 2.70. The summed E-state index contributed by atoms with van der Waals surface area (Å²) in [6.45, 7) is 0.419. The van der Waals surface area contributed by atoms with Gasteiger partial charge in [-0.2, -0.15) is 0 Å². The van der Waals surface area contributed by atoms with Gasteiger partial charge in [0.25, 0.3) is 0 Å². The molecule has 5 heteroatoms. The van der Waals surface area contributed by atoms with Crippen LogP contribution < -0.4 is 0 Å². The fourth-order valence-corrected chi connectivity index (χ4v) is 2.23. The lowest BCUT2D eigenvalue weighted by atomic mass is 10.2. The molecule has 0 aromatic heterocycles. The molecule has 0 amide bonds. The molecule has 3 nitrogen and oxygen atoms in total. The highest BCUT2D eigenvalue weighted by atomic mass is 127. The third-order valence-corrected chi connectivity index (χ3v) is 2.82. The van der Waals surface area contributed by atoms with Gasteiger partial charge in [0.15, 0.2) is 0 Å². The first-order valence-electron chi connectivity index (χ1n) is 3.19. The van der Waals surface area contributed by atoms with Crippen molar-refractivity contribution in [1.29, 1.82) is 0 Å². The molecule has 0 N–H and O–H groups in total. The first-order chi connectivity index (χ1) is 5.74. The third kappa shape index (κ3) is 2.66. The summed E-state index contributed by atoms with van der Waals surface area (Å²) < 4.78 is 2.14. The van der Waals surface area contributed by atoms with E-state index in [-0.39, 0.29) is 0 Å². The molecule has 0 aliphatic rings. The summed E-state index contributed by atoms with van der Waals surface area (Å²) >= 11 is 5.57. The first kappa shape index (κ1) is 9.83. The van der Waals surface area contributed by atoms with Crippen molar-refractivity contribution in [3.05, 3.63) is 42.2 Å². The van der Waals surface area contributed by atoms with E-state index in [0.717, 1.165) is 13.6 Å². The second-order valence-electron chi connectivity index (χ2n) is 2.12. The Morgan fingerprint density at radius 1 is 1.58 bits per heavy atom. The standard InChI is InChI=1S/C7H5BrIN3/c8-6-2-1-5(4-11-12-10)7(9)3-6/h1-3H,4H2. The van der Waals surface area contributed by atoms with Crippen LogP contribution in [0.5, 0.6) is 0 Å². The average Bonchev–Trinajstić information content (AvgIpc) is 2.03. The summed E-state index contributed by atoms with van der Waals surface area (Å²) in [6, 6.07) is 5.87. The molecule has 0 heterocycles. The number of hydrogen-bond acceptors (Lipinski definition) is 1. The van der Waals surface area contributed by atoms with Crippen molar-refractivity contribution < 1.29 is 0 Å². The van der Waals surface area contributed by atoms with E-state index in [0.29, 0.717) is 6.54 Å². The number of azide groups is 1. The Morgan fingerprint density at radius 2 is 2.33 bits per heavy atom. The van der Waals surface area contributed by atoms with Crippen LogP contribution in [0.15, 0.2) is 27.8 Å². The van der Waals surface area contributed by atoms with Gasteiger partial charge in [0.2, 0.25) is 0 Å². The van der Waals surface area contributed by atoms with Crippen LogP contribution in [0.3, 0.4) is 0 Å². The van der Waals surface area contributed by atoms with E-state index in [1.165, 1.54) is 0 Å². The number of nitrogens with zero attached hydrogens (tertiary/aromatic N) is 3. The zero-order valence-electron chi connectivity index (χ0n) is 6.04. The lowest BCUT2D eigenvalue weighted by molar-refractivity contribution is 1.04. The molecular weight excluding hydrogens is 333 g/mol. The second kappa shape index (κ2) is 4.69. The Labute approximate surface area is 92.1 Å². The summed E-state index contributed by atoms with van der Waals surface area (Å²) in [7, 11) is 0. The van der Waals surface area contributed by atoms with Crippen molar-refractivity contribution in [2.45, 2.75) is 6.54 Å². The van der Waals surface area contributed by atoms with Gasteiger partial charge in [-0.05, 0) is 45.8 Å². The van der Waals surface area contributed by atoms with Gasteiger partial charge in [0.1, 0.15) is 0 Å². The Hall–Kier alpha value is -0.260. The molecule has 0 saturated carbocycles. The lowest BCUT2D eigenvalue weighted by Crippen LogP contribution is -1.84. The van der Waals surface area contributed by atoms with Gasteiger partial charge in [-0.25, -0.2) is 0 Å². The smallest absolute Gasteiger partial charge is 0.0521 e. The minimum absolute atomic E-state index is 0.419. The molecule has 0 aliphatic heterocycles. The zero-order chi connectivity index (χ0) is 8.97. The Kier molecular flexibility index (Phi) is 3.84. The van der Waals surface area contributed by atoms with Crippen molar-refractivity contribution in [2.24, 2.45) is 5.11 Å². The van der Waals surface area contributed by atoms with Gasteiger partial charge >= 0.3 is 0 Å². The average molecular weight is 338 g/mol. The van der Waals surface area contributed by atoms with Crippen LogP contribution >= 0.6 is 38.5 Å². The molecule has 0 radical (unpaired) electrons. The van der Waals surface area contributed by atoms with Gasteiger partial charge in [-0.1, -0.05) is 27.1 Å². The van der Waals surface area contributed by atoms with Crippen LogP contribution in [0.1, 0.15) is 5.56 Å². The fraction of sp³-hybridized carbons (Fsp3) is 0.143. The molecule has 12 heavy (non-hydrogen) atoms. The summed E-state index contributed by atoms with van der Waals surface area (Å²) in [6.07, 6.45) is 0. The number of benzene rings is 1. The minimum atomic E-state index is 0.419. The van der Waals surface area contributed by atoms with Crippen LogP contribution in [0.25, 0.3) is 10.4 Å². The SMILES string of the molecule is [N-]=[N+]=NCc1ccc(Br)cc1I. The molecule has 0 spiro atoms. The van der Waals surface area contributed by atoms with E-state index in [1.807, 2.05) is 18.2 Å². The molecule has 0 fully saturated rings. The fourth-order valence-electron chi connectivity index (χ4n) is 0.758. The van der Waals surface area contributed by atoms with Crippen molar-refractivity contribution in [3.63, 3.8) is 0 Å². The maximum absolute atomic E-state index is 8.12. The van der Waals surface area contributed by atoms with Crippen molar-refractivity contribution in [2.75, 3.05) is 0 Å². The first-order valence-corrected chi connectivity index (χ1v) is 5.06. The highest BCUT2D eigenvalue weighted by Crippen LogP contribution is 2.18. The molecule has 1 aromatic carbocycles. The quantitative estimate of drug-likeness (QED) is 0.340.